The number of rotatable bonds is 6. The second-order valence-electron chi connectivity index (χ2n) is 4.33. The molecule has 1 saturated carbocycles. The van der Waals surface area contributed by atoms with E-state index in [9.17, 15) is 4.79 Å². The first kappa shape index (κ1) is 12.8. The van der Waals surface area contributed by atoms with Gasteiger partial charge in [-0.2, -0.15) is 0 Å². The first-order chi connectivity index (χ1) is 8.74. The molecule has 0 aliphatic heterocycles. The summed E-state index contributed by atoms with van der Waals surface area (Å²) in [6.45, 7) is 3.30. The number of carbonyl (C=O) groups excluding carboxylic acids is 1. The lowest BCUT2D eigenvalue weighted by Gasteiger charge is -2.19. The summed E-state index contributed by atoms with van der Waals surface area (Å²) in [5.74, 6) is 0.510. The highest BCUT2D eigenvalue weighted by molar-refractivity contribution is 5.92. The Kier molecular flexibility index (Phi) is 4.09. The molecule has 98 valence electrons. The molecule has 0 bridgehead atoms. The minimum absolute atomic E-state index is 0.0689. The summed E-state index contributed by atoms with van der Waals surface area (Å²) in [5.41, 5.74) is 0.339. The van der Waals surface area contributed by atoms with Crippen molar-refractivity contribution in [2.24, 2.45) is 0 Å². The van der Waals surface area contributed by atoms with Crippen molar-refractivity contribution in [3.05, 3.63) is 17.8 Å². The van der Waals surface area contributed by atoms with Crippen molar-refractivity contribution >= 4 is 11.7 Å². The van der Waals surface area contributed by atoms with E-state index in [0.717, 1.165) is 19.4 Å². The van der Waals surface area contributed by atoms with E-state index in [1.807, 2.05) is 11.8 Å². The highest BCUT2D eigenvalue weighted by Gasteiger charge is 2.24. The molecule has 2 rings (SSSR count). The molecule has 0 aromatic carbocycles. The molecule has 6 nitrogen and oxygen atoms in total. The lowest BCUT2D eigenvalue weighted by atomic mass is 10.3. The van der Waals surface area contributed by atoms with Crippen molar-refractivity contribution in [2.45, 2.75) is 25.8 Å². The first-order valence-corrected chi connectivity index (χ1v) is 6.25. The van der Waals surface area contributed by atoms with Crippen LogP contribution in [0, 0.1) is 0 Å². The molecule has 0 unspecified atom stereocenters. The number of nitrogens with zero attached hydrogens (tertiary/aromatic N) is 3. The fourth-order valence-electron chi connectivity index (χ4n) is 1.66. The number of aliphatic hydroxyl groups excluding tert-OH is 1. The van der Waals surface area contributed by atoms with Crippen LogP contribution in [0.4, 0.5) is 5.82 Å². The Balaban J connectivity index is 2.01. The third-order valence-electron chi connectivity index (χ3n) is 2.87. The maximum Gasteiger partial charge on any atom is 0.272 e. The Labute approximate surface area is 106 Å². The number of hydrogen-bond donors (Lipinski definition) is 2. The molecule has 0 saturated heterocycles. The van der Waals surface area contributed by atoms with Crippen molar-refractivity contribution in [3.8, 4) is 0 Å². The van der Waals surface area contributed by atoms with Crippen LogP contribution in [0.2, 0.25) is 0 Å². The van der Waals surface area contributed by atoms with Gasteiger partial charge in [-0.05, 0) is 31.9 Å². The minimum atomic E-state index is -0.165. The number of carbonyl (C=O) groups is 1. The Bertz CT molecular complexity index is 403. The van der Waals surface area contributed by atoms with Crippen LogP contribution < -0.4 is 10.2 Å². The zero-order valence-electron chi connectivity index (χ0n) is 10.5. The van der Waals surface area contributed by atoms with Crippen LogP contribution in [0.25, 0.3) is 0 Å². The number of anilines is 1. The summed E-state index contributed by atoms with van der Waals surface area (Å²) in [6, 6.07) is 3.74. The molecule has 1 aliphatic rings. The fourth-order valence-corrected chi connectivity index (χ4v) is 1.66. The molecule has 1 heterocycles. The average molecular weight is 250 g/mol. The van der Waals surface area contributed by atoms with E-state index in [0.29, 0.717) is 24.1 Å². The molecule has 2 N–H and O–H groups in total. The molecule has 6 heteroatoms. The Morgan fingerprint density at radius 1 is 1.50 bits per heavy atom. The predicted octanol–water partition coefficient (Wildman–Crippen LogP) is 0.187. The molecular formula is C12H18N4O2. The van der Waals surface area contributed by atoms with Gasteiger partial charge in [0.2, 0.25) is 0 Å². The second-order valence-corrected chi connectivity index (χ2v) is 4.33. The number of nitrogens with one attached hydrogen (secondary N) is 1. The van der Waals surface area contributed by atoms with Crippen LogP contribution >= 0.6 is 0 Å². The largest absolute Gasteiger partial charge is 0.395 e. The molecule has 0 radical (unpaired) electrons. The quantitative estimate of drug-likeness (QED) is 0.753. The number of hydrogen-bond acceptors (Lipinski definition) is 5. The first-order valence-electron chi connectivity index (χ1n) is 6.25. The van der Waals surface area contributed by atoms with Gasteiger partial charge in [-0.25, -0.2) is 0 Å². The van der Waals surface area contributed by atoms with Gasteiger partial charge in [0.15, 0.2) is 11.5 Å². The van der Waals surface area contributed by atoms with Crippen LogP contribution in [0.1, 0.15) is 30.3 Å². The van der Waals surface area contributed by atoms with Crippen LogP contribution in [0.3, 0.4) is 0 Å². The predicted molar refractivity (Wildman–Crippen MR) is 67.5 cm³/mol. The molecule has 1 aromatic heterocycles. The molecule has 1 aliphatic carbocycles. The Morgan fingerprint density at radius 2 is 2.28 bits per heavy atom. The zero-order valence-corrected chi connectivity index (χ0v) is 10.5. The van der Waals surface area contributed by atoms with E-state index >= 15 is 0 Å². The molecule has 1 aromatic rings. The third-order valence-corrected chi connectivity index (χ3v) is 2.87. The lowest BCUT2D eigenvalue weighted by Crippen LogP contribution is -2.29. The van der Waals surface area contributed by atoms with Crippen molar-refractivity contribution in [1.29, 1.82) is 0 Å². The summed E-state index contributed by atoms with van der Waals surface area (Å²) in [7, 11) is 0. The number of aromatic nitrogens is 2. The Morgan fingerprint density at radius 3 is 2.78 bits per heavy atom. The SMILES string of the molecule is CCN(CCO)c1ccc(C(=O)NC2CC2)nn1. The van der Waals surface area contributed by atoms with Crippen molar-refractivity contribution in [3.63, 3.8) is 0 Å². The van der Waals surface area contributed by atoms with Gasteiger partial charge in [0, 0.05) is 19.1 Å². The zero-order chi connectivity index (χ0) is 13.0. The standard InChI is InChI=1S/C12H18N4O2/c1-2-16(7-8-17)11-6-5-10(14-15-11)12(18)13-9-3-4-9/h5-6,9,17H,2-4,7-8H2,1H3,(H,13,18). The van der Waals surface area contributed by atoms with Gasteiger partial charge in [0.25, 0.3) is 5.91 Å². The Hall–Kier alpha value is -1.69. The van der Waals surface area contributed by atoms with Gasteiger partial charge in [-0.15, -0.1) is 10.2 Å². The van der Waals surface area contributed by atoms with E-state index in [1.165, 1.54) is 0 Å². The van der Waals surface area contributed by atoms with Gasteiger partial charge >= 0.3 is 0 Å². The maximum absolute atomic E-state index is 11.7. The smallest absolute Gasteiger partial charge is 0.272 e. The summed E-state index contributed by atoms with van der Waals surface area (Å²) in [4.78, 5) is 13.6. The van der Waals surface area contributed by atoms with Gasteiger partial charge < -0.3 is 15.3 Å². The third kappa shape index (κ3) is 3.16. The van der Waals surface area contributed by atoms with E-state index in [4.69, 9.17) is 5.11 Å². The van der Waals surface area contributed by atoms with Crippen LogP contribution in [0.15, 0.2) is 12.1 Å². The van der Waals surface area contributed by atoms with Crippen molar-refractivity contribution < 1.29 is 9.90 Å². The lowest BCUT2D eigenvalue weighted by molar-refractivity contribution is 0.0945. The highest BCUT2D eigenvalue weighted by atomic mass is 16.3. The minimum Gasteiger partial charge on any atom is -0.395 e. The number of aliphatic hydroxyl groups is 1. The van der Waals surface area contributed by atoms with Crippen molar-refractivity contribution in [2.75, 3.05) is 24.6 Å². The summed E-state index contributed by atoms with van der Waals surface area (Å²) < 4.78 is 0. The number of likely N-dealkylation sites (N-methyl/N-ethyl adjacent to an activating group) is 1. The van der Waals surface area contributed by atoms with E-state index < -0.39 is 0 Å². The molecule has 1 fully saturated rings. The van der Waals surface area contributed by atoms with Gasteiger partial charge in [-0.3, -0.25) is 4.79 Å². The van der Waals surface area contributed by atoms with Crippen molar-refractivity contribution in [1.82, 2.24) is 15.5 Å². The van der Waals surface area contributed by atoms with Crippen LogP contribution in [0.5, 0.6) is 0 Å². The fraction of sp³-hybridized carbons (Fsp3) is 0.583. The van der Waals surface area contributed by atoms with Crippen LogP contribution in [-0.2, 0) is 0 Å². The molecule has 18 heavy (non-hydrogen) atoms. The van der Waals surface area contributed by atoms with Gasteiger partial charge in [0.1, 0.15) is 0 Å². The molecule has 1 amide bonds. The molecule has 0 spiro atoms. The highest BCUT2D eigenvalue weighted by Crippen LogP contribution is 2.19. The number of amides is 1. The van der Waals surface area contributed by atoms with E-state index in [-0.39, 0.29) is 12.5 Å². The maximum atomic E-state index is 11.7. The average Bonchev–Trinajstić information content (AvgIpc) is 3.20. The summed E-state index contributed by atoms with van der Waals surface area (Å²) in [6.07, 6.45) is 2.11. The molecular weight excluding hydrogens is 232 g/mol. The molecule has 0 atom stereocenters. The summed E-state index contributed by atoms with van der Waals surface area (Å²) in [5, 5.41) is 19.7. The van der Waals surface area contributed by atoms with Gasteiger partial charge in [-0.1, -0.05) is 0 Å². The monoisotopic (exact) mass is 250 g/mol. The van der Waals surface area contributed by atoms with E-state index in [2.05, 4.69) is 15.5 Å². The summed E-state index contributed by atoms with van der Waals surface area (Å²) >= 11 is 0. The van der Waals surface area contributed by atoms with E-state index in [1.54, 1.807) is 12.1 Å². The second kappa shape index (κ2) is 5.77. The van der Waals surface area contributed by atoms with Gasteiger partial charge in [0.05, 0.1) is 6.61 Å². The normalized spacial score (nSPS) is 14.3. The van der Waals surface area contributed by atoms with Crippen LogP contribution in [-0.4, -0.2) is 46.9 Å². The topological polar surface area (TPSA) is 78.4 Å².